The van der Waals surface area contributed by atoms with Gasteiger partial charge in [0.05, 0.1) is 5.71 Å². The summed E-state index contributed by atoms with van der Waals surface area (Å²) in [7, 11) is 0. The maximum absolute atomic E-state index is 13.3. The van der Waals surface area contributed by atoms with Gasteiger partial charge in [0, 0.05) is 30.5 Å². The lowest BCUT2D eigenvalue weighted by Crippen LogP contribution is -2.51. The number of carbonyl (C=O) groups is 2. The number of nitrogens with one attached hydrogen (secondary N) is 1. The lowest BCUT2D eigenvalue weighted by molar-refractivity contribution is -0.117. The minimum absolute atomic E-state index is 0.205. The van der Waals surface area contributed by atoms with Gasteiger partial charge in [-0.15, -0.1) is 0 Å². The van der Waals surface area contributed by atoms with Gasteiger partial charge in [-0.2, -0.15) is 0 Å². The van der Waals surface area contributed by atoms with Gasteiger partial charge in [-0.1, -0.05) is 31.5 Å². The Labute approximate surface area is 230 Å². The van der Waals surface area contributed by atoms with Gasteiger partial charge in [-0.05, 0) is 126 Å². The van der Waals surface area contributed by atoms with Crippen molar-refractivity contribution in [1.29, 1.82) is 0 Å². The molecule has 8 atom stereocenters. The van der Waals surface area contributed by atoms with Crippen LogP contribution in [0.1, 0.15) is 106 Å². The Kier molecular flexibility index (Phi) is 7.37. The van der Waals surface area contributed by atoms with Gasteiger partial charge in [-0.3, -0.25) is 14.5 Å². The molecule has 2 unspecified atom stereocenters. The van der Waals surface area contributed by atoms with Crippen molar-refractivity contribution in [3.8, 4) is 0 Å². The first-order chi connectivity index (χ1) is 17.8. The third kappa shape index (κ3) is 4.88. The normalized spacial score (nSPS) is 41.2. The monoisotopic (exact) mass is 525 g/mol. The highest BCUT2D eigenvalue weighted by atomic mass is 16.7. The number of nitrogens with zero attached hydrogens (tertiary/aromatic N) is 2. The standard InChI is InChI=1S/C32H51N3O3/c1-20-16-23(33-18-20)19-35(30(3,4)5)29(37)38-34-21(2)26-10-11-27-25-9-8-22-17-24(36)12-14-31(22,6)28(25)13-15-32(26,27)7/h17,20,23,25-28,33H,8-16,18-19H2,1-7H3/b34-21+/t20?,23?,25-,26+,27-,28-,31-,32+/m0/s1. The Morgan fingerprint density at radius 3 is 2.58 bits per heavy atom. The zero-order valence-electron chi connectivity index (χ0n) is 24.9. The van der Waals surface area contributed by atoms with Crippen molar-refractivity contribution < 1.29 is 14.4 Å². The highest BCUT2D eigenvalue weighted by Crippen LogP contribution is 2.66. The van der Waals surface area contributed by atoms with Crippen molar-refractivity contribution in [1.82, 2.24) is 10.2 Å². The van der Waals surface area contributed by atoms with E-state index in [1.165, 1.54) is 31.3 Å². The van der Waals surface area contributed by atoms with E-state index in [9.17, 15) is 9.59 Å². The van der Waals surface area contributed by atoms with E-state index in [1.54, 1.807) is 0 Å². The Balaban J connectivity index is 1.27. The van der Waals surface area contributed by atoms with Crippen LogP contribution in [0.25, 0.3) is 0 Å². The second-order valence-electron chi connectivity index (χ2n) is 15.0. The van der Waals surface area contributed by atoms with Gasteiger partial charge in [0.1, 0.15) is 0 Å². The Morgan fingerprint density at radius 2 is 1.89 bits per heavy atom. The molecule has 3 saturated carbocycles. The molecule has 0 bridgehead atoms. The van der Waals surface area contributed by atoms with Crippen LogP contribution >= 0.6 is 0 Å². The SMILES string of the molecule is C/C(=N\OC(=O)N(CC1CC(C)CN1)C(C)(C)C)[C@H]1CC[C@H]2[C@@H]3CCC4=CC(=O)CC[C@]4(C)[C@H]3CC[C@]12C. The second-order valence-corrected chi connectivity index (χ2v) is 15.0. The van der Waals surface area contributed by atoms with E-state index in [4.69, 9.17) is 4.84 Å². The highest BCUT2D eigenvalue weighted by molar-refractivity contribution is 5.91. The van der Waals surface area contributed by atoms with E-state index >= 15 is 0 Å². The van der Waals surface area contributed by atoms with Crippen molar-refractivity contribution in [2.24, 2.45) is 45.6 Å². The van der Waals surface area contributed by atoms with Crippen LogP contribution in [0.15, 0.2) is 16.8 Å². The van der Waals surface area contributed by atoms with Crippen molar-refractivity contribution in [3.63, 3.8) is 0 Å². The first-order valence-corrected chi connectivity index (χ1v) is 15.3. The smallest absolute Gasteiger partial charge is 0.312 e. The fourth-order valence-electron chi connectivity index (χ4n) is 9.47. The van der Waals surface area contributed by atoms with Gasteiger partial charge < -0.3 is 5.32 Å². The number of rotatable bonds is 4. The third-order valence-electron chi connectivity index (χ3n) is 11.6. The first-order valence-electron chi connectivity index (χ1n) is 15.3. The molecule has 1 heterocycles. The minimum Gasteiger partial charge on any atom is -0.312 e. The van der Waals surface area contributed by atoms with Gasteiger partial charge in [0.2, 0.25) is 0 Å². The fraction of sp³-hybridized carbons (Fsp3) is 0.844. The van der Waals surface area contributed by atoms with Crippen molar-refractivity contribution >= 4 is 17.6 Å². The summed E-state index contributed by atoms with van der Waals surface area (Å²) in [5.74, 6) is 3.43. The van der Waals surface area contributed by atoms with Crippen LogP contribution in [0, 0.1) is 40.4 Å². The molecule has 0 aromatic heterocycles. The van der Waals surface area contributed by atoms with Crippen molar-refractivity contribution in [3.05, 3.63) is 11.6 Å². The second kappa shape index (κ2) is 10.1. The molecule has 0 spiro atoms. The van der Waals surface area contributed by atoms with E-state index in [1.807, 2.05) is 11.0 Å². The maximum Gasteiger partial charge on any atom is 0.436 e. The summed E-state index contributed by atoms with van der Waals surface area (Å²) in [6, 6.07) is 0.307. The average Bonchev–Trinajstić information content (AvgIpc) is 3.42. The van der Waals surface area contributed by atoms with Gasteiger partial charge in [0.25, 0.3) is 0 Å². The molecule has 212 valence electrons. The largest absolute Gasteiger partial charge is 0.436 e. The number of ketones is 1. The molecule has 5 rings (SSSR count). The van der Waals surface area contributed by atoms with E-state index < -0.39 is 0 Å². The van der Waals surface area contributed by atoms with E-state index in [0.717, 1.165) is 43.9 Å². The number of amides is 1. The Bertz CT molecular complexity index is 1010. The molecule has 6 nitrogen and oxygen atoms in total. The lowest BCUT2D eigenvalue weighted by Gasteiger charge is -2.58. The predicted molar refractivity (Wildman–Crippen MR) is 152 cm³/mol. The molecule has 6 heteroatoms. The van der Waals surface area contributed by atoms with E-state index in [0.29, 0.717) is 48.5 Å². The predicted octanol–water partition coefficient (Wildman–Crippen LogP) is 6.75. The van der Waals surface area contributed by atoms with Crippen LogP contribution in [-0.2, 0) is 9.63 Å². The van der Waals surface area contributed by atoms with Gasteiger partial charge in [0.15, 0.2) is 5.78 Å². The number of carbonyl (C=O) groups excluding carboxylic acids is 2. The average molecular weight is 526 g/mol. The first kappa shape index (κ1) is 27.9. The summed E-state index contributed by atoms with van der Waals surface area (Å²) < 4.78 is 0. The maximum atomic E-state index is 13.3. The number of hydrogen-bond acceptors (Lipinski definition) is 5. The molecule has 4 fully saturated rings. The third-order valence-corrected chi connectivity index (χ3v) is 11.6. The van der Waals surface area contributed by atoms with Crippen LogP contribution in [0.2, 0.25) is 0 Å². The number of hydrogen-bond donors (Lipinski definition) is 1. The van der Waals surface area contributed by atoms with Crippen LogP contribution < -0.4 is 5.32 Å². The molecule has 4 aliphatic carbocycles. The Hall–Kier alpha value is -1.69. The molecule has 0 aromatic rings. The van der Waals surface area contributed by atoms with E-state index in [-0.39, 0.29) is 22.5 Å². The molecule has 1 aliphatic heterocycles. The summed E-state index contributed by atoms with van der Waals surface area (Å²) in [5, 5.41) is 8.07. The van der Waals surface area contributed by atoms with Gasteiger partial charge >= 0.3 is 6.09 Å². The van der Waals surface area contributed by atoms with Crippen LogP contribution in [0.4, 0.5) is 4.79 Å². The molecule has 0 aromatic carbocycles. The minimum atomic E-state index is -0.340. The zero-order valence-corrected chi connectivity index (χ0v) is 24.9. The molecule has 5 aliphatic rings. The molecule has 38 heavy (non-hydrogen) atoms. The summed E-state index contributed by atoms with van der Waals surface area (Å²) in [4.78, 5) is 32.9. The molecular formula is C32H51N3O3. The van der Waals surface area contributed by atoms with Crippen LogP contribution in [-0.4, -0.2) is 47.2 Å². The summed E-state index contributed by atoms with van der Waals surface area (Å²) in [5.41, 5.74) is 2.50. The van der Waals surface area contributed by atoms with Crippen LogP contribution in [0.3, 0.4) is 0 Å². The summed E-state index contributed by atoms with van der Waals surface area (Å²) in [6.45, 7) is 17.1. The highest BCUT2D eigenvalue weighted by Gasteiger charge is 2.59. The summed E-state index contributed by atoms with van der Waals surface area (Å²) >= 11 is 0. The van der Waals surface area contributed by atoms with E-state index in [2.05, 4.69) is 58.9 Å². The van der Waals surface area contributed by atoms with Gasteiger partial charge in [-0.25, -0.2) is 4.79 Å². The molecule has 1 amide bonds. The molecule has 1 N–H and O–H groups in total. The lowest BCUT2D eigenvalue weighted by atomic mass is 9.46. The molecule has 0 radical (unpaired) electrons. The number of allylic oxidation sites excluding steroid dienone is 1. The van der Waals surface area contributed by atoms with Crippen molar-refractivity contribution in [2.75, 3.05) is 13.1 Å². The number of fused-ring (bicyclic) bond motifs is 5. The topological polar surface area (TPSA) is 71.0 Å². The van der Waals surface area contributed by atoms with Crippen molar-refractivity contribution in [2.45, 2.75) is 118 Å². The fourth-order valence-corrected chi connectivity index (χ4v) is 9.47. The molecule has 1 saturated heterocycles. The number of oxime groups is 1. The summed E-state index contributed by atoms with van der Waals surface area (Å²) in [6.07, 6.45) is 11.6. The van der Waals surface area contributed by atoms with Crippen LogP contribution in [0.5, 0.6) is 0 Å². The molecular weight excluding hydrogens is 474 g/mol. The zero-order chi connectivity index (χ0) is 27.5. The Morgan fingerprint density at radius 1 is 1.13 bits per heavy atom. The quantitative estimate of drug-likeness (QED) is 0.250.